The van der Waals surface area contributed by atoms with E-state index in [9.17, 15) is 22.4 Å². The Morgan fingerprint density at radius 3 is 1.96 bits per heavy atom. The predicted octanol–water partition coefficient (Wildman–Crippen LogP) is 2.04. The van der Waals surface area contributed by atoms with E-state index < -0.39 is 28.3 Å². The van der Waals surface area contributed by atoms with Crippen molar-refractivity contribution < 1.29 is 22.4 Å². The number of hydrogen-bond donors (Lipinski definition) is 2. The van der Waals surface area contributed by atoms with Gasteiger partial charge in [-0.3, -0.25) is 9.59 Å². The van der Waals surface area contributed by atoms with Crippen molar-refractivity contribution in [3.05, 3.63) is 54.3 Å². The van der Waals surface area contributed by atoms with Gasteiger partial charge < -0.3 is 10.6 Å². The van der Waals surface area contributed by atoms with Gasteiger partial charge in [0.15, 0.2) is 0 Å². The molecule has 2 aromatic carbocycles. The summed E-state index contributed by atoms with van der Waals surface area (Å²) in [6.07, 6.45) is 0. The molecule has 0 atom stereocenters. The van der Waals surface area contributed by atoms with Crippen molar-refractivity contribution in [1.82, 2.24) is 4.31 Å². The van der Waals surface area contributed by atoms with E-state index in [1.165, 1.54) is 14.0 Å². The summed E-state index contributed by atoms with van der Waals surface area (Å²) in [6.45, 7) is 0.972. The summed E-state index contributed by atoms with van der Waals surface area (Å²) in [6, 6.07) is 10.7. The molecule has 26 heavy (non-hydrogen) atoms. The molecule has 0 heterocycles. The van der Waals surface area contributed by atoms with Crippen molar-refractivity contribution >= 4 is 33.2 Å². The first-order valence-electron chi connectivity index (χ1n) is 7.58. The molecule has 2 amide bonds. The molecule has 0 bridgehead atoms. The molecule has 0 saturated heterocycles. The van der Waals surface area contributed by atoms with Crippen molar-refractivity contribution in [2.24, 2.45) is 0 Å². The average molecular weight is 379 g/mol. The lowest BCUT2D eigenvalue weighted by atomic mass is 10.2. The van der Waals surface area contributed by atoms with Crippen molar-refractivity contribution in [2.75, 3.05) is 24.2 Å². The quantitative estimate of drug-likeness (QED) is 0.803. The molecule has 0 fully saturated rings. The zero-order chi connectivity index (χ0) is 19.3. The lowest BCUT2D eigenvalue weighted by molar-refractivity contribution is -0.116. The van der Waals surface area contributed by atoms with E-state index in [0.29, 0.717) is 11.4 Å². The highest BCUT2D eigenvalue weighted by molar-refractivity contribution is 7.89. The smallest absolute Gasteiger partial charge is 0.243 e. The zero-order valence-corrected chi connectivity index (χ0v) is 15.0. The standard InChI is InChI=1S/C17H18FN3O4S/c1-12(22)19-14-5-7-15(8-6-14)20-17(23)11-21(2)26(24,25)16-9-3-13(18)4-10-16/h3-10H,11H2,1-2H3,(H,19,22)(H,20,23). The fraction of sp³-hybridized carbons (Fsp3) is 0.176. The number of amides is 2. The molecule has 0 unspecified atom stereocenters. The third kappa shape index (κ3) is 5.11. The minimum absolute atomic E-state index is 0.103. The maximum absolute atomic E-state index is 12.9. The van der Waals surface area contributed by atoms with Gasteiger partial charge in [-0.2, -0.15) is 4.31 Å². The largest absolute Gasteiger partial charge is 0.326 e. The molecule has 2 N–H and O–H groups in total. The van der Waals surface area contributed by atoms with Crippen molar-refractivity contribution in [1.29, 1.82) is 0 Å². The molecular weight excluding hydrogens is 361 g/mol. The number of benzene rings is 2. The molecule has 0 aliphatic rings. The number of rotatable bonds is 6. The van der Waals surface area contributed by atoms with Crippen molar-refractivity contribution in [3.8, 4) is 0 Å². The summed E-state index contributed by atoms with van der Waals surface area (Å²) in [4.78, 5) is 22.9. The summed E-state index contributed by atoms with van der Waals surface area (Å²) in [5, 5.41) is 5.16. The van der Waals surface area contributed by atoms with Crippen LogP contribution in [0.4, 0.5) is 15.8 Å². The first-order valence-corrected chi connectivity index (χ1v) is 9.02. The summed E-state index contributed by atoms with van der Waals surface area (Å²) < 4.78 is 38.5. The SMILES string of the molecule is CC(=O)Nc1ccc(NC(=O)CN(C)S(=O)(=O)c2ccc(F)cc2)cc1. The Hall–Kier alpha value is -2.78. The number of carbonyl (C=O) groups is 2. The van der Waals surface area contributed by atoms with Crippen LogP contribution in [0.2, 0.25) is 0 Å². The average Bonchev–Trinajstić information content (AvgIpc) is 2.56. The topological polar surface area (TPSA) is 95.6 Å². The Bertz CT molecular complexity index is 897. The number of anilines is 2. The molecule has 0 saturated carbocycles. The Kier molecular flexibility index (Phi) is 6.06. The molecular formula is C17H18FN3O4S. The summed E-state index contributed by atoms with van der Waals surface area (Å²) in [5.41, 5.74) is 1.03. The van der Waals surface area contributed by atoms with Crippen LogP contribution in [0.15, 0.2) is 53.4 Å². The van der Waals surface area contributed by atoms with Gasteiger partial charge in [0, 0.05) is 25.3 Å². The summed E-state index contributed by atoms with van der Waals surface area (Å²) >= 11 is 0. The number of hydrogen-bond acceptors (Lipinski definition) is 4. The molecule has 7 nitrogen and oxygen atoms in total. The second kappa shape index (κ2) is 8.07. The van der Waals surface area contributed by atoms with Crippen LogP contribution >= 0.6 is 0 Å². The zero-order valence-electron chi connectivity index (χ0n) is 14.2. The van der Waals surface area contributed by atoms with Gasteiger partial charge in [-0.25, -0.2) is 12.8 Å². The highest BCUT2D eigenvalue weighted by atomic mass is 32.2. The Morgan fingerprint density at radius 1 is 0.962 bits per heavy atom. The van der Waals surface area contributed by atoms with Gasteiger partial charge in [0.1, 0.15) is 5.82 Å². The highest BCUT2D eigenvalue weighted by Gasteiger charge is 2.23. The fourth-order valence-corrected chi connectivity index (χ4v) is 3.24. The number of nitrogens with zero attached hydrogens (tertiary/aromatic N) is 1. The van der Waals surface area contributed by atoms with Gasteiger partial charge in [-0.15, -0.1) is 0 Å². The van der Waals surface area contributed by atoms with Crippen LogP contribution in [0, 0.1) is 5.82 Å². The van der Waals surface area contributed by atoms with Gasteiger partial charge in [0.2, 0.25) is 21.8 Å². The first kappa shape index (κ1) is 19.5. The monoisotopic (exact) mass is 379 g/mol. The van der Waals surface area contributed by atoms with E-state index in [0.717, 1.165) is 28.6 Å². The lowest BCUT2D eigenvalue weighted by Crippen LogP contribution is -2.34. The van der Waals surface area contributed by atoms with Crippen LogP contribution in [-0.4, -0.2) is 38.1 Å². The molecule has 2 aromatic rings. The van der Waals surface area contributed by atoms with Gasteiger partial charge in [-0.1, -0.05) is 0 Å². The fourth-order valence-electron chi connectivity index (χ4n) is 2.11. The maximum atomic E-state index is 12.9. The minimum Gasteiger partial charge on any atom is -0.326 e. The van der Waals surface area contributed by atoms with E-state index in [1.807, 2.05) is 0 Å². The molecule has 9 heteroatoms. The van der Waals surface area contributed by atoms with Crippen LogP contribution in [0.25, 0.3) is 0 Å². The number of sulfonamides is 1. The van der Waals surface area contributed by atoms with Gasteiger partial charge in [-0.05, 0) is 48.5 Å². The number of nitrogens with one attached hydrogen (secondary N) is 2. The Labute approximate surface area is 150 Å². The number of halogens is 1. The van der Waals surface area contributed by atoms with E-state index in [4.69, 9.17) is 0 Å². The summed E-state index contributed by atoms with van der Waals surface area (Å²) in [5.74, 6) is -1.30. The molecule has 0 spiro atoms. The molecule has 2 rings (SSSR count). The molecule has 138 valence electrons. The van der Waals surface area contributed by atoms with E-state index in [-0.39, 0.29) is 10.8 Å². The van der Waals surface area contributed by atoms with E-state index in [2.05, 4.69) is 10.6 Å². The second-order valence-corrected chi connectivity index (χ2v) is 7.57. The van der Waals surface area contributed by atoms with Crippen LogP contribution in [0.5, 0.6) is 0 Å². The minimum atomic E-state index is -3.90. The molecule has 0 aliphatic carbocycles. The molecule has 0 aromatic heterocycles. The lowest BCUT2D eigenvalue weighted by Gasteiger charge is -2.17. The van der Waals surface area contributed by atoms with Crippen LogP contribution in [0.1, 0.15) is 6.92 Å². The number of likely N-dealkylation sites (N-methyl/N-ethyl adjacent to an activating group) is 1. The van der Waals surface area contributed by atoms with Gasteiger partial charge in [0.05, 0.1) is 11.4 Å². The Morgan fingerprint density at radius 2 is 1.46 bits per heavy atom. The van der Waals surface area contributed by atoms with Crippen LogP contribution in [0.3, 0.4) is 0 Å². The van der Waals surface area contributed by atoms with Crippen LogP contribution in [-0.2, 0) is 19.6 Å². The first-order chi connectivity index (χ1) is 12.2. The maximum Gasteiger partial charge on any atom is 0.243 e. The van der Waals surface area contributed by atoms with Crippen molar-refractivity contribution in [3.63, 3.8) is 0 Å². The summed E-state index contributed by atoms with van der Waals surface area (Å²) in [7, 11) is -2.64. The molecule has 0 radical (unpaired) electrons. The van der Waals surface area contributed by atoms with Crippen molar-refractivity contribution in [2.45, 2.75) is 11.8 Å². The van der Waals surface area contributed by atoms with E-state index >= 15 is 0 Å². The third-order valence-corrected chi connectivity index (χ3v) is 5.19. The second-order valence-electron chi connectivity index (χ2n) is 5.52. The van der Waals surface area contributed by atoms with Gasteiger partial charge >= 0.3 is 0 Å². The molecule has 0 aliphatic heterocycles. The normalized spacial score (nSPS) is 11.2. The number of carbonyl (C=O) groups excluding carboxylic acids is 2. The third-order valence-electron chi connectivity index (χ3n) is 3.38. The Balaban J connectivity index is 2.00. The highest BCUT2D eigenvalue weighted by Crippen LogP contribution is 2.16. The van der Waals surface area contributed by atoms with Gasteiger partial charge in [0.25, 0.3) is 0 Å². The predicted molar refractivity (Wildman–Crippen MR) is 95.6 cm³/mol. The van der Waals surface area contributed by atoms with Crippen LogP contribution < -0.4 is 10.6 Å². The van der Waals surface area contributed by atoms with E-state index in [1.54, 1.807) is 24.3 Å².